The first-order chi connectivity index (χ1) is 9.86. The predicted molar refractivity (Wildman–Crippen MR) is 78.2 cm³/mol. The minimum absolute atomic E-state index is 0.103. The Kier molecular flexibility index (Phi) is 5.88. The summed E-state index contributed by atoms with van der Waals surface area (Å²) in [4.78, 5) is 23.5. The molecule has 0 spiro atoms. The molecule has 1 aromatic carbocycles. The summed E-state index contributed by atoms with van der Waals surface area (Å²) in [5.74, 6) is -1.74. The molecule has 0 bridgehead atoms. The minimum Gasteiger partial charge on any atom is -0.481 e. The minimum atomic E-state index is -1.06. The molecule has 0 aromatic heterocycles. The predicted octanol–water partition coefficient (Wildman–Crippen LogP) is 3.28. The Labute approximate surface area is 124 Å². The van der Waals surface area contributed by atoms with Crippen LogP contribution in [0.15, 0.2) is 24.3 Å². The Morgan fingerprint density at radius 1 is 1.29 bits per heavy atom. The molecule has 4 nitrogen and oxygen atoms in total. The van der Waals surface area contributed by atoms with Gasteiger partial charge in [0.05, 0.1) is 11.5 Å². The van der Waals surface area contributed by atoms with E-state index in [4.69, 9.17) is 0 Å². The molecule has 1 unspecified atom stereocenters. The highest BCUT2D eigenvalue weighted by atomic mass is 19.1. The van der Waals surface area contributed by atoms with Gasteiger partial charge in [-0.05, 0) is 25.8 Å². The normalized spacial score (nSPS) is 12.8. The van der Waals surface area contributed by atoms with Gasteiger partial charge in [-0.3, -0.25) is 9.59 Å². The van der Waals surface area contributed by atoms with Crippen molar-refractivity contribution in [3.8, 4) is 0 Å². The Morgan fingerprint density at radius 3 is 2.33 bits per heavy atom. The zero-order chi connectivity index (χ0) is 16.0. The van der Waals surface area contributed by atoms with Crippen LogP contribution in [0.5, 0.6) is 0 Å². The maximum absolute atomic E-state index is 13.6. The van der Waals surface area contributed by atoms with Crippen LogP contribution in [0.25, 0.3) is 0 Å². The van der Waals surface area contributed by atoms with Gasteiger partial charge in [-0.25, -0.2) is 4.39 Å². The molecule has 116 valence electrons. The van der Waals surface area contributed by atoms with Crippen LogP contribution in [-0.4, -0.2) is 17.0 Å². The van der Waals surface area contributed by atoms with E-state index in [0.29, 0.717) is 18.4 Å². The highest BCUT2D eigenvalue weighted by Gasteiger charge is 2.37. The van der Waals surface area contributed by atoms with E-state index < -0.39 is 17.4 Å². The number of rotatable bonds is 7. The monoisotopic (exact) mass is 295 g/mol. The molecule has 0 saturated carbocycles. The van der Waals surface area contributed by atoms with E-state index in [-0.39, 0.29) is 18.1 Å². The molecule has 1 rings (SSSR count). The molecule has 5 heteroatoms. The van der Waals surface area contributed by atoms with Gasteiger partial charge >= 0.3 is 5.97 Å². The largest absolute Gasteiger partial charge is 0.481 e. The third kappa shape index (κ3) is 4.03. The van der Waals surface area contributed by atoms with Crippen molar-refractivity contribution in [3.63, 3.8) is 0 Å². The number of amides is 1. The standard InChI is InChI=1S/C16H22FNO3/c1-4-16(5-2,15(20)21)10-14(19)18-11(3)12-8-6-7-9-13(12)17/h6-9,11H,4-5,10H2,1-3H3,(H,18,19)(H,20,21). The summed E-state index contributed by atoms with van der Waals surface area (Å²) < 4.78 is 13.6. The summed E-state index contributed by atoms with van der Waals surface area (Å²) in [5, 5.41) is 12.0. The molecule has 0 heterocycles. The van der Waals surface area contributed by atoms with Crippen molar-refractivity contribution in [1.82, 2.24) is 5.32 Å². The zero-order valence-electron chi connectivity index (χ0n) is 12.6. The summed E-state index contributed by atoms with van der Waals surface area (Å²) in [6.45, 7) is 5.19. The van der Waals surface area contributed by atoms with Gasteiger partial charge in [-0.15, -0.1) is 0 Å². The van der Waals surface area contributed by atoms with Crippen LogP contribution in [-0.2, 0) is 9.59 Å². The third-order valence-electron chi connectivity index (χ3n) is 4.06. The summed E-state index contributed by atoms with van der Waals surface area (Å²) in [6, 6.07) is 5.71. The van der Waals surface area contributed by atoms with Gasteiger partial charge < -0.3 is 10.4 Å². The second-order valence-corrected chi connectivity index (χ2v) is 5.28. The molecular formula is C16H22FNO3. The number of hydrogen-bond donors (Lipinski definition) is 2. The lowest BCUT2D eigenvalue weighted by Crippen LogP contribution is -2.37. The van der Waals surface area contributed by atoms with E-state index in [1.54, 1.807) is 39.0 Å². The number of aliphatic carboxylic acids is 1. The Balaban J connectivity index is 2.77. The fourth-order valence-electron chi connectivity index (χ4n) is 2.38. The van der Waals surface area contributed by atoms with Crippen LogP contribution >= 0.6 is 0 Å². The second-order valence-electron chi connectivity index (χ2n) is 5.28. The number of carboxylic acid groups (broad SMARTS) is 1. The molecule has 1 aromatic rings. The number of halogens is 1. The zero-order valence-corrected chi connectivity index (χ0v) is 12.6. The summed E-state index contributed by atoms with van der Waals surface area (Å²) >= 11 is 0. The number of benzene rings is 1. The number of hydrogen-bond acceptors (Lipinski definition) is 2. The van der Waals surface area contributed by atoms with Gasteiger partial charge in [0.25, 0.3) is 0 Å². The van der Waals surface area contributed by atoms with E-state index in [1.165, 1.54) is 6.07 Å². The first-order valence-electron chi connectivity index (χ1n) is 7.13. The SMILES string of the molecule is CCC(CC)(CC(=O)NC(C)c1ccccc1F)C(=O)O. The average molecular weight is 295 g/mol. The van der Waals surface area contributed by atoms with Gasteiger partial charge in [0.15, 0.2) is 0 Å². The molecule has 2 N–H and O–H groups in total. The van der Waals surface area contributed by atoms with Crippen LogP contribution in [0.3, 0.4) is 0 Å². The topological polar surface area (TPSA) is 66.4 Å². The molecule has 0 aliphatic rings. The molecule has 0 aliphatic carbocycles. The molecule has 0 radical (unpaired) electrons. The lowest BCUT2D eigenvalue weighted by Gasteiger charge is -2.26. The molecular weight excluding hydrogens is 273 g/mol. The average Bonchev–Trinajstić information content (AvgIpc) is 2.44. The van der Waals surface area contributed by atoms with Crippen LogP contribution < -0.4 is 5.32 Å². The molecule has 21 heavy (non-hydrogen) atoms. The van der Waals surface area contributed by atoms with Gasteiger partial charge in [0.2, 0.25) is 5.91 Å². The molecule has 0 aliphatic heterocycles. The van der Waals surface area contributed by atoms with Crippen molar-refractivity contribution in [3.05, 3.63) is 35.6 Å². The lowest BCUT2D eigenvalue weighted by atomic mass is 9.79. The number of nitrogens with one attached hydrogen (secondary N) is 1. The third-order valence-corrected chi connectivity index (χ3v) is 4.06. The van der Waals surface area contributed by atoms with Crippen molar-refractivity contribution in [2.75, 3.05) is 0 Å². The lowest BCUT2D eigenvalue weighted by molar-refractivity contribution is -0.152. The number of carboxylic acids is 1. The van der Waals surface area contributed by atoms with Crippen LogP contribution in [0, 0.1) is 11.2 Å². The second kappa shape index (κ2) is 7.20. The Hall–Kier alpha value is -1.91. The fraction of sp³-hybridized carbons (Fsp3) is 0.500. The van der Waals surface area contributed by atoms with Crippen LogP contribution in [0.1, 0.15) is 51.6 Å². The van der Waals surface area contributed by atoms with Gasteiger partial charge in [-0.2, -0.15) is 0 Å². The maximum atomic E-state index is 13.6. The summed E-state index contributed by atoms with van der Waals surface area (Å²) in [5.41, 5.74) is -0.668. The molecule has 0 fully saturated rings. The van der Waals surface area contributed by atoms with E-state index in [1.807, 2.05) is 0 Å². The molecule has 1 atom stereocenters. The summed E-state index contributed by atoms with van der Waals surface area (Å²) in [6.07, 6.45) is 0.648. The van der Waals surface area contributed by atoms with Crippen LogP contribution in [0.2, 0.25) is 0 Å². The van der Waals surface area contributed by atoms with Gasteiger partial charge in [-0.1, -0.05) is 32.0 Å². The van der Waals surface area contributed by atoms with E-state index in [0.717, 1.165) is 0 Å². The first kappa shape index (κ1) is 17.1. The van der Waals surface area contributed by atoms with Gasteiger partial charge in [0.1, 0.15) is 5.82 Å². The Bertz CT molecular complexity index is 512. The number of carbonyl (C=O) groups excluding carboxylic acids is 1. The van der Waals surface area contributed by atoms with E-state index in [2.05, 4.69) is 5.32 Å². The van der Waals surface area contributed by atoms with Crippen molar-refractivity contribution in [2.45, 2.75) is 46.1 Å². The van der Waals surface area contributed by atoms with Crippen LogP contribution in [0.4, 0.5) is 4.39 Å². The highest BCUT2D eigenvalue weighted by Crippen LogP contribution is 2.31. The van der Waals surface area contributed by atoms with Crippen molar-refractivity contribution >= 4 is 11.9 Å². The van der Waals surface area contributed by atoms with E-state index in [9.17, 15) is 19.1 Å². The number of carbonyl (C=O) groups is 2. The highest BCUT2D eigenvalue weighted by molar-refractivity contribution is 5.85. The van der Waals surface area contributed by atoms with Crippen molar-refractivity contribution in [2.24, 2.45) is 5.41 Å². The fourth-order valence-corrected chi connectivity index (χ4v) is 2.38. The Morgan fingerprint density at radius 2 is 1.86 bits per heavy atom. The van der Waals surface area contributed by atoms with Crippen molar-refractivity contribution in [1.29, 1.82) is 0 Å². The smallest absolute Gasteiger partial charge is 0.310 e. The molecule has 0 saturated heterocycles. The van der Waals surface area contributed by atoms with Crippen molar-refractivity contribution < 1.29 is 19.1 Å². The quantitative estimate of drug-likeness (QED) is 0.811. The maximum Gasteiger partial charge on any atom is 0.310 e. The molecule has 1 amide bonds. The first-order valence-corrected chi connectivity index (χ1v) is 7.13. The van der Waals surface area contributed by atoms with Gasteiger partial charge in [0, 0.05) is 12.0 Å². The summed E-state index contributed by atoms with van der Waals surface area (Å²) in [7, 11) is 0. The van der Waals surface area contributed by atoms with E-state index >= 15 is 0 Å².